The van der Waals surface area contributed by atoms with Gasteiger partial charge in [-0.15, -0.1) is 11.3 Å². The molecule has 0 unspecified atom stereocenters. The topological polar surface area (TPSA) is 50.2 Å². The summed E-state index contributed by atoms with van der Waals surface area (Å²) in [6, 6.07) is 2.06. The second-order valence-electron chi connectivity index (χ2n) is 7.17. The molecule has 0 atom stereocenters. The number of aromatic hydroxyl groups is 1. The Morgan fingerprint density at radius 3 is 2.10 bits per heavy atom. The van der Waals surface area contributed by atoms with Crippen LogP contribution in [-0.4, -0.2) is 16.4 Å². The number of nitrogens with zero attached hydrogens (tertiary/aromatic N) is 1. The third-order valence-corrected chi connectivity index (χ3v) is 4.39. The third kappa shape index (κ3) is 2.44. The van der Waals surface area contributed by atoms with Gasteiger partial charge in [0, 0.05) is 5.56 Å². The quantitative estimate of drug-likeness (QED) is 0.792. The molecule has 0 aliphatic rings. The Bertz CT molecular complexity index is 672. The first-order chi connectivity index (χ1) is 9.05. The van der Waals surface area contributed by atoms with Gasteiger partial charge < -0.3 is 5.11 Å². The number of benzene rings is 1. The van der Waals surface area contributed by atoms with Gasteiger partial charge in [-0.05, 0) is 22.5 Å². The van der Waals surface area contributed by atoms with Crippen LogP contribution in [0.15, 0.2) is 6.07 Å². The minimum Gasteiger partial charge on any atom is -0.505 e. The average molecular weight is 291 g/mol. The van der Waals surface area contributed by atoms with Gasteiger partial charge in [-0.25, -0.2) is 4.98 Å². The number of aldehydes is 1. The van der Waals surface area contributed by atoms with Gasteiger partial charge in [0.25, 0.3) is 0 Å². The molecule has 0 aliphatic carbocycles. The summed E-state index contributed by atoms with van der Waals surface area (Å²) in [5, 5.41) is 10.9. The zero-order valence-electron chi connectivity index (χ0n) is 12.9. The van der Waals surface area contributed by atoms with Crippen LogP contribution in [-0.2, 0) is 10.8 Å². The van der Waals surface area contributed by atoms with Crippen molar-refractivity contribution in [3.05, 3.63) is 22.2 Å². The minimum absolute atomic E-state index is 0.0708. The fourth-order valence-electron chi connectivity index (χ4n) is 2.26. The maximum atomic E-state index is 11.0. The molecule has 3 nitrogen and oxygen atoms in total. The fourth-order valence-corrected chi connectivity index (χ4v) is 3.37. The molecule has 0 spiro atoms. The van der Waals surface area contributed by atoms with Crippen LogP contribution in [0.25, 0.3) is 10.2 Å². The summed E-state index contributed by atoms with van der Waals surface area (Å²) in [5.41, 5.74) is 2.30. The molecule has 1 heterocycles. The summed E-state index contributed by atoms with van der Waals surface area (Å²) < 4.78 is 0.908. The molecular formula is C16H21NO2S. The Morgan fingerprint density at radius 2 is 1.65 bits per heavy atom. The molecule has 0 amide bonds. The Kier molecular flexibility index (Phi) is 3.41. The van der Waals surface area contributed by atoms with Gasteiger partial charge in [0.2, 0.25) is 0 Å². The lowest BCUT2D eigenvalue weighted by atomic mass is 9.80. The fraction of sp³-hybridized carbons (Fsp3) is 0.500. The second kappa shape index (κ2) is 4.55. The molecule has 0 bridgehead atoms. The summed E-state index contributed by atoms with van der Waals surface area (Å²) >= 11 is 1.35. The maximum absolute atomic E-state index is 11.0. The van der Waals surface area contributed by atoms with Crippen LogP contribution in [0.4, 0.5) is 0 Å². The van der Waals surface area contributed by atoms with E-state index in [0.29, 0.717) is 10.5 Å². The van der Waals surface area contributed by atoms with E-state index in [9.17, 15) is 9.90 Å². The van der Waals surface area contributed by atoms with Gasteiger partial charge in [0.05, 0.1) is 4.70 Å². The van der Waals surface area contributed by atoms with E-state index in [1.54, 1.807) is 0 Å². The molecule has 108 valence electrons. The highest BCUT2D eigenvalue weighted by atomic mass is 32.1. The van der Waals surface area contributed by atoms with Gasteiger partial charge in [-0.3, -0.25) is 4.79 Å². The zero-order chi connectivity index (χ0) is 15.3. The summed E-state index contributed by atoms with van der Waals surface area (Å²) in [5.74, 6) is 0.199. The molecule has 0 radical (unpaired) electrons. The van der Waals surface area contributed by atoms with Gasteiger partial charge >= 0.3 is 0 Å². The predicted molar refractivity (Wildman–Crippen MR) is 84.1 cm³/mol. The predicted octanol–water partition coefficient (Wildman–Crippen LogP) is 4.41. The molecule has 4 heteroatoms. The Morgan fingerprint density at radius 1 is 1.10 bits per heavy atom. The molecule has 2 rings (SSSR count). The van der Waals surface area contributed by atoms with E-state index in [0.717, 1.165) is 22.1 Å². The summed E-state index contributed by atoms with van der Waals surface area (Å²) in [6.45, 7) is 12.6. The van der Waals surface area contributed by atoms with Crippen molar-refractivity contribution < 1.29 is 9.90 Å². The van der Waals surface area contributed by atoms with Crippen molar-refractivity contribution in [2.24, 2.45) is 0 Å². The van der Waals surface area contributed by atoms with Crippen LogP contribution < -0.4 is 0 Å². The molecular weight excluding hydrogens is 270 g/mol. The number of thiazole rings is 1. The van der Waals surface area contributed by atoms with Crippen LogP contribution in [0.5, 0.6) is 5.75 Å². The second-order valence-corrected chi connectivity index (χ2v) is 8.20. The largest absolute Gasteiger partial charge is 0.505 e. The molecule has 1 aromatic carbocycles. The molecule has 1 N–H and O–H groups in total. The lowest BCUT2D eigenvalue weighted by molar-refractivity contribution is 0.112. The van der Waals surface area contributed by atoms with E-state index in [4.69, 9.17) is 0 Å². The number of hydrogen-bond donors (Lipinski definition) is 1. The van der Waals surface area contributed by atoms with Crippen LogP contribution in [0.2, 0.25) is 0 Å². The summed E-state index contributed by atoms with van der Waals surface area (Å²) in [7, 11) is 0. The van der Waals surface area contributed by atoms with Gasteiger partial charge in [0.15, 0.2) is 11.3 Å². The van der Waals surface area contributed by atoms with Gasteiger partial charge in [0.1, 0.15) is 11.3 Å². The highest BCUT2D eigenvalue weighted by Gasteiger charge is 2.27. The highest BCUT2D eigenvalue weighted by molar-refractivity contribution is 7.20. The lowest BCUT2D eigenvalue weighted by Crippen LogP contribution is -2.16. The molecule has 0 aliphatic heterocycles. The van der Waals surface area contributed by atoms with Crippen molar-refractivity contribution in [3.63, 3.8) is 0 Å². The monoisotopic (exact) mass is 291 g/mol. The number of fused-ring (bicyclic) bond motifs is 1. The van der Waals surface area contributed by atoms with E-state index in [2.05, 4.69) is 52.6 Å². The van der Waals surface area contributed by atoms with Crippen LogP contribution in [0, 0.1) is 0 Å². The third-order valence-electron chi connectivity index (χ3n) is 3.37. The number of carbonyl (C=O) groups excluding carboxylic acids is 1. The number of hydrogen-bond acceptors (Lipinski definition) is 4. The number of rotatable bonds is 1. The number of aromatic nitrogens is 1. The van der Waals surface area contributed by atoms with Crippen molar-refractivity contribution in [1.82, 2.24) is 4.98 Å². The molecule has 2 aromatic rings. The zero-order valence-corrected chi connectivity index (χ0v) is 13.7. The average Bonchev–Trinajstić information content (AvgIpc) is 2.70. The van der Waals surface area contributed by atoms with E-state index in [1.165, 1.54) is 11.3 Å². The molecule has 0 saturated carbocycles. The number of carbonyl (C=O) groups is 1. The van der Waals surface area contributed by atoms with E-state index in [-0.39, 0.29) is 16.6 Å². The molecule has 20 heavy (non-hydrogen) atoms. The van der Waals surface area contributed by atoms with Crippen molar-refractivity contribution in [3.8, 4) is 5.75 Å². The van der Waals surface area contributed by atoms with Crippen molar-refractivity contribution >= 4 is 27.8 Å². The first-order valence-corrected chi connectivity index (χ1v) is 7.50. The van der Waals surface area contributed by atoms with Gasteiger partial charge in [-0.2, -0.15) is 0 Å². The summed E-state index contributed by atoms with van der Waals surface area (Å²) in [4.78, 5) is 15.3. The Hall–Kier alpha value is -1.42. The highest BCUT2D eigenvalue weighted by Crippen LogP contribution is 2.43. The van der Waals surface area contributed by atoms with E-state index < -0.39 is 0 Å². The SMILES string of the molecule is CC(C)(C)c1cc(C(C)(C)C)c2sc(C=O)nc2c1O. The molecule has 0 saturated heterocycles. The van der Waals surface area contributed by atoms with E-state index >= 15 is 0 Å². The van der Waals surface area contributed by atoms with Crippen molar-refractivity contribution in [2.75, 3.05) is 0 Å². The lowest BCUT2D eigenvalue weighted by Gasteiger charge is -2.26. The van der Waals surface area contributed by atoms with Crippen LogP contribution in [0.1, 0.15) is 62.5 Å². The van der Waals surface area contributed by atoms with Crippen LogP contribution >= 0.6 is 11.3 Å². The first-order valence-electron chi connectivity index (χ1n) is 6.68. The molecule has 0 fully saturated rings. The summed E-state index contributed by atoms with van der Waals surface area (Å²) in [6.07, 6.45) is 0.743. The minimum atomic E-state index is -0.177. The Balaban J connectivity index is 2.93. The van der Waals surface area contributed by atoms with Gasteiger partial charge in [-0.1, -0.05) is 41.5 Å². The van der Waals surface area contributed by atoms with Crippen molar-refractivity contribution in [2.45, 2.75) is 52.4 Å². The van der Waals surface area contributed by atoms with E-state index in [1.807, 2.05) is 0 Å². The van der Waals surface area contributed by atoms with Crippen molar-refractivity contribution in [1.29, 1.82) is 0 Å². The number of phenols is 1. The number of phenolic OH excluding ortho intramolecular Hbond substituents is 1. The first kappa shape index (κ1) is 15.0. The Labute approximate surface area is 123 Å². The maximum Gasteiger partial charge on any atom is 0.178 e. The standard InChI is InChI=1S/C16H21NO2S/c1-15(2,3)9-7-10(16(4,5)6)14-12(13(9)19)17-11(8-18)20-14/h7-8,19H,1-6H3. The molecule has 1 aromatic heterocycles. The van der Waals surface area contributed by atoms with Crippen LogP contribution in [0.3, 0.4) is 0 Å². The smallest absolute Gasteiger partial charge is 0.178 e. The normalized spacial score (nSPS) is 12.9.